The molecule has 0 aliphatic rings. The van der Waals surface area contributed by atoms with Crippen LogP contribution in [0.2, 0.25) is 10.0 Å². The maximum atomic E-state index is 13.4. The molecule has 0 unspecified atom stereocenters. The molecule has 20 heavy (non-hydrogen) atoms. The maximum absolute atomic E-state index is 13.4. The van der Waals surface area contributed by atoms with Crippen LogP contribution >= 0.6 is 39.1 Å². The van der Waals surface area contributed by atoms with Crippen molar-refractivity contribution >= 4 is 50.6 Å². The number of anilines is 2. The van der Waals surface area contributed by atoms with Crippen molar-refractivity contribution in [1.82, 2.24) is 9.97 Å². The summed E-state index contributed by atoms with van der Waals surface area (Å²) in [5, 5.41) is 2.94. The Bertz CT molecular complexity index is 627. The summed E-state index contributed by atoms with van der Waals surface area (Å²) in [6.07, 6.45) is 0. The van der Waals surface area contributed by atoms with Crippen molar-refractivity contribution in [3.63, 3.8) is 0 Å². The fourth-order valence-electron chi connectivity index (χ4n) is 1.53. The number of hydrogen-bond donors (Lipinski definition) is 1. The zero-order chi connectivity index (χ0) is 14.9. The molecule has 106 valence electrons. The van der Waals surface area contributed by atoms with Gasteiger partial charge in [0.05, 0.1) is 10.0 Å². The number of benzene rings is 1. The monoisotopic (exact) mass is 377 g/mol. The van der Waals surface area contributed by atoms with E-state index in [0.717, 1.165) is 0 Å². The van der Waals surface area contributed by atoms with Gasteiger partial charge in [-0.2, -0.15) is 0 Å². The lowest BCUT2D eigenvalue weighted by Gasteiger charge is -2.10. The van der Waals surface area contributed by atoms with Crippen LogP contribution in [0.25, 0.3) is 0 Å². The Morgan fingerprint density at radius 3 is 2.30 bits per heavy atom. The molecule has 1 aromatic carbocycles. The van der Waals surface area contributed by atoms with E-state index in [0.29, 0.717) is 21.9 Å². The summed E-state index contributed by atoms with van der Waals surface area (Å²) in [5.74, 6) is 0.828. The first-order chi connectivity index (χ1) is 9.36. The molecule has 7 heteroatoms. The highest BCUT2D eigenvalue weighted by molar-refractivity contribution is 9.10. The second-order valence-electron chi connectivity index (χ2n) is 4.47. The van der Waals surface area contributed by atoms with E-state index in [1.807, 2.05) is 13.8 Å². The van der Waals surface area contributed by atoms with Gasteiger partial charge in [-0.1, -0.05) is 37.0 Å². The molecule has 1 heterocycles. The van der Waals surface area contributed by atoms with E-state index >= 15 is 0 Å². The Kier molecular flexibility index (Phi) is 4.83. The summed E-state index contributed by atoms with van der Waals surface area (Å²) >= 11 is 14.8. The largest absolute Gasteiger partial charge is 0.340 e. The quantitative estimate of drug-likeness (QED) is 0.561. The van der Waals surface area contributed by atoms with Crippen molar-refractivity contribution in [2.24, 2.45) is 0 Å². The summed E-state index contributed by atoms with van der Waals surface area (Å²) in [4.78, 5) is 8.66. The van der Waals surface area contributed by atoms with Gasteiger partial charge in [0.15, 0.2) is 5.82 Å². The molecule has 2 aromatic rings. The molecule has 1 aromatic heterocycles. The van der Waals surface area contributed by atoms with E-state index in [4.69, 9.17) is 23.2 Å². The van der Waals surface area contributed by atoms with Gasteiger partial charge in [-0.15, -0.1) is 0 Å². The molecule has 0 aliphatic heterocycles. The summed E-state index contributed by atoms with van der Waals surface area (Å²) in [6.45, 7) is 3.99. The molecule has 0 fully saturated rings. The molecule has 0 bridgehead atoms. The molecule has 0 radical (unpaired) electrons. The Morgan fingerprint density at radius 2 is 1.75 bits per heavy atom. The molecule has 0 atom stereocenters. The van der Waals surface area contributed by atoms with Crippen LogP contribution in [-0.2, 0) is 0 Å². The molecule has 1 N–H and O–H groups in total. The van der Waals surface area contributed by atoms with Crippen LogP contribution in [0.5, 0.6) is 0 Å². The standard InChI is InChI=1S/C13H11BrCl2FN3/c1-6(2)13-19-10(14)5-11(20-13)18-7-3-8(15)12(17)9(16)4-7/h3-6H,1-2H3,(H,18,19,20). The Labute approximate surface area is 134 Å². The number of rotatable bonds is 3. The highest BCUT2D eigenvalue weighted by atomic mass is 79.9. The van der Waals surface area contributed by atoms with Crippen molar-refractivity contribution < 1.29 is 4.39 Å². The number of nitrogens with one attached hydrogen (secondary N) is 1. The van der Waals surface area contributed by atoms with Crippen molar-refractivity contribution in [3.8, 4) is 0 Å². The first-order valence-electron chi connectivity index (χ1n) is 5.83. The highest BCUT2D eigenvalue weighted by Crippen LogP contribution is 2.29. The van der Waals surface area contributed by atoms with E-state index in [1.165, 1.54) is 12.1 Å². The van der Waals surface area contributed by atoms with Crippen molar-refractivity contribution in [2.45, 2.75) is 19.8 Å². The van der Waals surface area contributed by atoms with Gasteiger partial charge in [-0.25, -0.2) is 14.4 Å². The first kappa shape index (κ1) is 15.5. The third-order valence-electron chi connectivity index (χ3n) is 2.48. The average molecular weight is 379 g/mol. The van der Waals surface area contributed by atoms with Crippen LogP contribution in [0.15, 0.2) is 22.8 Å². The lowest BCUT2D eigenvalue weighted by Crippen LogP contribution is -2.02. The van der Waals surface area contributed by atoms with E-state index in [-0.39, 0.29) is 16.0 Å². The normalized spacial score (nSPS) is 10.9. The van der Waals surface area contributed by atoms with Gasteiger partial charge in [0, 0.05) is 17.7 Å². The molecule has 0 saturated heterocycles. The third-order valence-corrected chi connectivity index (χ3v) is 3.44. The predicted octanol–water partition coefficient (Wildman–Crippen LogP) is 5.55. The Hall–Kier alpha value is -0.910. The zero-order valence-corrected chi connectivity index (χ0v) is 13.8. The van der Waals surface area contributed by atoms with E-state index in [2.05, 4.69) is 31.2 Å². The molecular formula is C13H11BrCl2FN3. The number of aromatic nitrogens is 2. The van der Waals surface area contributed by atoms with Gasteiger partial charge in [0.1, 0.15) is 16.2 Å². The fraction of sp³-hybridized carbons (Fsp3) is 0.231. The molecule has 0 aliphatic carbocycles. The van der Waals surface area contributed by atoms with Gasteiger partial charge in [-0.3, -0.25) is 0 Å². The van der Waals surface area contributed by atoms with Crippen LogP contribution in [0, 0.1) is 5.82 Å². The Balaban J connectivity index is 2.35. The van der Waals surface area contributed by atoms with Crippen LogP contribution in [0.3, 0.4) is 0 Å². The molecule has 3 nitrogen and oxygen atoms in total. The highest BCUT2D eigenvalue weighted by Gasteiger charge is 2.10. The van der Waals surface area contributed by atoms with Gasteiger partial charge >= 0.3 is 0 Å². The van der Waals surface area contributed by atoms with E-state index in [1.54, 1.807) is 6.07 Å². The summed E-state index contributed by atoms with van der Waals surface area (Å²) in [5.41, 5.74) is 0.557. The van der Waals surface area contributed by atoms with Crippen molar-refractivity contribution in [3.05, 3.63) is 44.5 Å². The second-order valence-corrected chi connectivity index (χ2v) is 6.09. The van der Waals surface area contributed by atoms with Gasteiger partial charge in [-0.05, 0) is 28.1 Å². The molecule has 0 amide bonds. The topological polar surface area (TPSA) is 37.8 Å². The van der Waals surface area contributed by atoms with Crippen molar-refractivity contribution in [1.29, 1.82) is 0 Å². The predicted molar refractivity (Wildman–Crippen MR) is 83.5 cm³/mol. The van der Waals surface area contributed by atoms with Crippen LogP contribution < -0.4 is 5.32 Å². The zero-order valence-electron chi connectivity index (χ0n) is 10.7. The van der Waals surface area contributed by atoms with E-state index in [9.17, 15) is 4.39 Å². The summed E-state index contributed by atoms with van der Waals surface area (Å²) < 4.78 is 14.0. The minimum atomic E-state index is -0.634. The second kappa shape index (κ2) is 6.24. The van der Waals surface area contributed by atoms with Crippen LogP contribution in [0.4, 0.5) is 15.9 Å². The van der Waals surface area contributed by atoms with Crippen LogP contribution in [0.1, 0.15) is 25.6 Å². The SMILES string of the molecule is CC(C)c1nc(Br)cc(Nc2cc(Cl)c(F)c(Cl)c2)n1. The maximum Gasteiger partial charge on any atom is 0.160 e. The Morgan fingerprint density at radius 1 is 1.15 bits per heavy atom. The lowest BCUT2D eigenvalue weighted by molar-refractivity contribution is 0.629. The van der Waals surface area contributed by atoms with Crippen LogP contribution in [-0.4, -0.2) is 9.97 Å². The van der Waals surface area contributed by atoms with Gasteiger partial charge in [0.2, 0.25) is 0 Å². The minimum Gasteiger partial charge on any atom is -0.340 e. The third kappa shape index (κ3) is 3.59. The molecule has 0 spiro atoms. The van der Waals surface area contributed by atoms with Gasteiger partial charge in [0.25, 0.3) is 0 Å². The fourth-order valence-corrected chi connectivity index (χ4v) is 2.42. The average Bonchev–Trinajstić information content (AvgIpc) is 2.35. The first-order valence-corrected chi connectivity index (χ1v) is 7.37. The number of halogens is 4. The van der Waals surface area contributed by atoms with E-state index < -0.39 is 5.82 Å². The molecule has 0 saturated carbocycles. The lowest BCUT2D eigenvalue weighted by atomic mass is 10.2. The molecular weight excluding hydrogens is 368 g/mol. The number of hydrogen-bond acceptors (Lipinski definition) is 3. The molecule has 2 rings (SSSR count). The minimum absolute atomic E-state index is 0.0443. The summed E-state index contributed by atoms with van der Waals surface area (Å²) in [6, 6.07) is 4.62. The van der Waals surface area contributed by atoms with Gasteiger partial charge < -0.3 is 5.32 Å². The number of nitrogens with zero attached hydrogens (tertiary/aromatic N) is 2. The smallest absolute Gasteiger partial charge is 0.160 e. The van der Waals surface area contributed by atoms with Crippen molar-refractivity contribution in [2.75, 3.05) is 5.32 Å². The summed E-state index contributed by atoms with van der Waals surface area (Å²) in [7, 11) is 0.